The highest BCUT2D eigenvalue weighted by Gasteiger charge is 2.25. The molecule has 0 aliphatic carbocycles. The molecule has 2 nitrogen and oxygen atoms in total. The molecular weight excluding hydrogens is 174 g/mol. The number of carbonyl (C=O) groups is 1. The molecule has 14 heavy (non-hydrogen) atoms. The molecule has 2 atom stereocenters. The Morgan fingerprint density at radius 2 is 2.21 bits per heavy atom. The molecule has 0 radical (unpaired) electrons. The Morgan fingerprint density at radius 1 is 1.50 bits per heavy atom. The van der Waals surface area contributed by atoms with Crippen molar-refractivity contribution < 1.29 is 4.79 Å². The Balaban J connectivity index is 2.39. The van der Waals surface area contributed by atoms with Crippen LogP contribution in [0.2, 0.25) is 0 Å². The van der Waals surface area contributed by atoms with Crippen LogP contribution in [0.3, 0.4) is 0 Å². The van der Waals surface area contributed by atoms with E-state index in [4.69, 9.17) is 0 Å². The molecule has 1 rings (SSSR count). The molecule has 0 amide bonds. The van der Waals surface area contributed by atoms with Crippen molar-refractivity contribution in [3.63, 3.8) is 0 Å². The number of carbonyl (C=O) groups excluding carboxylic acids is 1. The lowest BCUT2D eigenvalue weighted by Crippen LogP contribution is -2.35. The van der Waals surface area contributed by atoms with E-state index in [1.165, 1.54) is 19.3 Å². The van der Waals surface area contributed by atoms with Crippen LogP contribution in [0.4, 0.5) is 0 Å². The van der Waals surface area contributed by atoms with Crippen molar-refractivity contribution >= 4 is 5.78 Å². The van der Waals surface area contributed by atoms with Crippen LogP contribution in [0.5, 0.6) is 0 Å². The van der Waals surface area contributed by atoms with Crippen molar-refractivity contribution in [3.05, 3.63) is 0 Å². The first-order valence-corrected chi connectivity index (χ1v) is 5.95. The summed E-state index contributed by atoms with van der Waals surface area (Å²) >= 11 is 0. The summed E-state index contributed by atoms with van der Waals surface area (Å²) < 4.78 is 0. The van der Waals surface area contributed by atoms with Gasteiger partial charge in [-0.3, -0.25) is 9.69 Å². The lowest BCUT2D eigenvalue weighted by Gasteiger charge is -2.23. The monoisotopic (exact) mass is 197 g/mol. The summed E-state index contributed by atoms with van der Waals surface area (Å²) in [7, 11) is 0. The van der Waals surface area contributed by atoms with E-state index in [0.29, 0.717) is 18.4 Å². The minimum atomic E-state index is 0.244. The average molecular weight is 197 g/mol. The zero-order valence-corrected chi connectivity index (χ0v) is 9.75. The standard InChI is InChI=1S/C12H23NO/c1-4-10(3)12(14)9-13-8-6-7-11(13)5-2/h10-11H,4-9H2,1-3H3. The molecule has 2 heteroatoms. The lowest BCUT2D eigenvalue weighted by atomic mass is 10.0. The van der Waals surface area contributed by atoms with Crippen LogP contribution in [0.15, 0.2) is 0 Å². The van der Waals surface area contributed by atoms with Gasteiger partial charge in [0.2, 0.25) is 0 Å². The summed E-state index contributed by atoms with van der Waals surface area (Å²) in [5, 5.41) is 0. The van der Waals surface area contributed by atoms with Gasteiger partial charge in [-0.1, -0.05) is 20.8 Å². The van der Waals surface area contributed by atoms with Gasteiger partial charge < -0.3 is 0 Å². The fraction of sp³-hybridized carbons (Fsp3) is 0.917. The second-order valence-electron chi connectivity index (χ2n) is 4.45. The van der Waals surface area contributed by atoms with Gasteiger partial charge in [-0.15, -0.1) is 0 Å². The van der Waals surface area contributed by atoms with Crippen LogP contribution >= 0.6 is 0 Å². The molecule has 2 unspecified atom stereocenters. The Bertz CT molecular complexity index is 191. The van der Waals surface area contributed by atoms with Crippen LogP contribution in [-0.4, -0.2) is 29.8 Å². The summed E-state index contributed by atoms with van der Waals surface area (Å²) in [6.07, 6.45) is 4.72. The van der Waals surface area contributed by atoms with Gasteiger partial charge in [-0.2, -0.15) is 0 Å². The topological polar surface area (TPSA) is 20.3 Å². The molecule has 1 aliphatic heterocycles. The molecule has 0 aromatic carbocycles. The van der Waals surface area contributed by atoms with Crippen LogP contribution in [-0.2, 0) is 4.79 Å². The minimum absolute atomic E-state index is 0.244. The number of Topliss-reactive ketones (excluding diaryl/α,β-unsaturated/α-hetero) is 1. The van der Waals surface area contributed by atoms with Crippen LogP contribution in [0.25, 0.3) is 0 Å². The van der Waals surface area contributed by atoms with Gasteiger partial charge in [-0.05, 0) is 32.2 Å². The molecule has 1 heterocycles. The third-order valence-corrected chi connectivity index (χ3v) is 3.49. The molecule has 0 aromatic rings. The van der Waals surface area contributed by atoms with E-state index in [9.17, 15) is 4.79 Å². The van der Waals surface area contributed by atoms with Crippen LogP contribution < -0.4 is 0 Å². The van der Waals surface area contributed by atoms with E-state index in [2.05, 4.69) is 18.7 Å². The quantitative estimate of drug-likeness (QED) is 0.675. The Labute approximate surface area is 87.7 Å². The van der Waals surface area contributed by atoms with Crippen molar-refractivity contribution in [1.82, 2.24) is 4.90 Å². The summed E-state index contributed by atoms with van der Waals surface area (Å²) in [6.45, 7) is 8.16. The highest BCUT2D eigenvalue weighted by Crippen LogP contribution is 2.20. The average Bonchev–Trinajstić information content (AvgIpc) is 2.63. The highest BCUT2D eigenvalue weighted by molar-refractivity contribution is 5.82. The first-order valence-electron chi connectivity index (χ1n) is 5.95. The number of ketones is 1. The Morgan fingerprint density at radius 3 is 2.79 bits per heavy atom. The molecule has 1 fully saturated rings. The van der Waals surface area contributed by atoms with Gasteiger partial charge in [-0.25, -0.2) is 0 Å². The van der Waals surface area contributed by atoms with Gasteiger partial charge in [0, 0.05) is 12.0 Å². The summed E-state index contributed by atoms with van der Waals surface area (Å²) in [5.74, 6) is 0.668. The normalized spacial score (nSPS) is 25.2. The molecule has 1 saturated heterocycles. The molecule has 82 valence electrons. The first-order chi connectivity index (χ1) is 6.69. The number of likely N-dealkylation sites (tertiary alicyclic amines) is 1. The molecule has 0 aromatic heterocycles. The van der Waals surface area contributed by atoms with Gasteiger partial charge in [0.15, 0.2) is 0 Å². The molecule has 0 saturated carbocycles. The summed E-state index contributed by atoms with van der Waals surface area (Å²) in [4.78, 5) is 14.1. The fourth-order valence-corrected chi connectivity index (χ4v) is 2.15. The van der Waals surface area contributed by atoms with E-state index in [0.717, 1.165) is 13.0 Å². The smallest absolute Gasteiger partial charge is 0.149 e. The van der Waals surface area contributed by atoms with Crippen molar-refractivity contribution in [2.75, 3.05) is 13.1 Å². The SMILES string of the molecule is CCC(C)C(=O)CN1CCCC1CC. The van der Waals surface area contributed by atoms with E-state index >= 15 is 0 Å². The predicted octanol–water partition coefficient (Wildman–Crippen LogP) is 2.48. The first kappa shape index (κ1) is 11.7. The molecule has 0 N–H and O–H groups in total. The second kappa shape index (κ2) is 5.50. The maximum atomic E-state index is 11.7. The van der Waals surface area contributed by atoms with Crippen molar-refractivity contribution in [2.24, 2.45) is 5.92 Å². The van der Waals surface area contributed by atoms with E-state index in [-0.39, 0.29) is 5.92 Å². The maximum absolute atomic E-state index is 11.7. The van der Waals surface area contributed by atoms with Gasteiger partial charge >= 0.3 is 0 Å². The fourth-order valence-electron chi connectivity index (χ4n) is 2.15. The van der Waals surface area contributed by atoms with Crippen molar-refractivity contribution in [2.45, 2.75) is 52.5 Å². The second-order valence-corrected chi connectivity index (χ2v) is 4.45. The highest BCUT2D eigenvalue weighted by atomic mass is 16.1. The van der Waals surface area contributed by atoms with Crippen LogP contribution in [0.1, 0.15) is 46.5 Å². The van der Waals surface area contributed by atoms with Gasteiger partial charge in [0.1, 0.15) is 5.78 Å². The Kier molecular flexibility index (Phi) is 4.59. The maximum Gasteiger partial charge on any atom is 0.149 e. The molecule has 0 bridgehead atoms. The lowest BCUT2D eigenvalue weighted by molar-refractivity contribution is -0.123. The zero-order valence-electron chi connectivity index (χ0n) is 9.75. The van der Waals surface area contributed by atoms with Crippen molar-refractivity contribution in [1.29, 1.82) is 0 Å². The third-order valence-electron chi connectivity index (χ3n) is 3.49. The molecule has 1 aliphatic rings. The summed E-state index contributed by atoms with van der Waals surface area (Å²) in [6, 6.07) is 0.669. The molecule has 0 spiro atoms. The van der Waals surface area contributed by atoms with E-state index in [1.54, 1.807) is 0 Å². The number of rotatable bonds is 5. The zero-order chi connectivity index (χ0) is 10.6. The third kappa shape index (κ3) is 2.81. The Hall–Kier alpha value is -0.370. The number of hydrogen-bond donors (Lipinski definition) is 0. The summed E-state index contributed by atoms with van der Waals surface area (Å²) in [5.41, 5.74) is 0. The number of hydrogen-bond acceptors (Lipinski definition) is 2. The van der Waals surface area contributed by atoms with E-state index < -0.39 is 0 Å². The van der Waals surface area contributed by atoms with Crippen LogP contribution in [0, 0.1) is 5.92 Å². The van der Waals surface area contributed by atoms with Gasteiger partial charge in [0.25, 0.3) is 0 Å². The van der Waals surface area contributed by atoms with Gasteiger partial charge in [0.05, 0.1) is 6.54 Å². The predicted molar refractivity (Wildman–Crippen MR) is 59.3 cm³/mol. The minimum Gasteiger partial charge on any atom is -0.298 e. The molecular formula is C12H23NO. The van der Waals surface area contributed by atoms with Crippen molar-refractivity contribution in [3.8, 4) is 0 Å². The largest absolute Gasteiger partial charge is 0.298 e. The van der Waals surface area contributed by atoms with E-state index in [1.807, 2.05) is 6.92 Å². The number of nitrogens with zero attached hydrogens (tertiary/aromatic N) is 1.